The molecular weight excluding hydrogens is 309 g/mol. The molecule has 1 atom stereocenters. The fourth-order valence-corrected chi connectivity index (χ4v) is 2.93. The van der Waals surface area contributed by atoms with Crippen LogP contribution in [0.4, 0.5) is 0 Å². The zero-order valence-corrected chi connectivity index (χ0v) is 11.7. The number of hydrogen-bond acceptors (Lipinski definition) is 5. The molecule has 7 heteroatoms. The minimum absolute atomic E-state index is 0.0958. The fourth-order valence-electron chi connectivity index (χ4n) is 1.21. The van der Waals surface area contributed by atoms with Gasteiger partial charge in [0, 0.05) is 18.0 Å². The summed E-state index contributed by atoms with van der Waals surface area (Å²) in [5.74, 6) is 0. The number of alkyl halides is 1. The Bertz CT molecular complexity index is 424. The van der Waals surface area contributed by atoms with Crippen LogP contribution in [0.5, 0.6) is 0 Å². The Hall–Kier alpha value is -0.680. The summed E-state index contributed by atoms with van der Waals surface area (Å²) in [6, 6.07) is 8.61. The van der Waals surface area contributed by atoms with Crippen LogP contribution in [0, 0.1) is 0 Å². The van der Waals surface area contributed by atoms with Gasteiger partial charge in [0.25, 0.3) is 0 Å². The quantitative estimate of drug-likeness (QED) is 0.287. The second-order valence-electron chi connectivity index (χ2n) is 2.99. The Labute approximate surface area is 108 Å². The van der Waals surface area contributed by atoms with Crippen molar-refractivity contribution in [1.29, 1.82) is 0 Å². The molecule has 0 saturated heterocycles. The molecule has 0 bridgehead atoms. The van der Waals surface area contributed by atoms with Gasteiger partial charge in [-0.25, -0.2) is 0 Å². The summed E-state index contributed by atoms with van der Waals surface area (Å²) in [5, 5.41) is 12.5. The van der Waals surface area contributed by atoms with Crippen LogP contribution in [-0.2, 0) is 13.6 Å². The van der Waals surface area contributed by atoms with Gasteiger partial charge in [0.1, 0.15) is 0 Å². The van der Waals surface area contributed by atoms with Crippen LogP contribution in [0.25, 0.3) is 0 Å². The summed E-state index contributed by atoms with van der Waals surface area (Å²) in [4.78, 5) is 0. The van der Waals surface area contributed by atoms with E-state index >= 15 is 0 Å². The molecule has 94 valence electrons. The van der Waals surface area contributed by atoms with Crippen LogP contribution in [0.3, 0.4) is 0 Å². The molecule has 0 fully saturated rings. The van der Waals surface area contributed by atoms with E-state index in [4.69, 9.17) is 14.3 Å². The average Bonchev–Trinajstić information content (AvgIpc) is 2.38. The smallest absolute Gasteiger partial charge is 0.383 e. The fraction of sp³-hybridized carbons (Fsp3) is 0.300. The topological polar surface area (TPSA) is 68.1 Å². The van der Waals surface area contributed by atoms with Crippen LogP contribution >= 0.6 is 23.5 Å². The lowest BCUT2D eigenvalue weighted by Gasteiger charge is -2.16. The van der Waals surface area contributed by atoms with Crippen molar-refractivity contribution >= 4 is 29.0 Å². The zero-order valence-electron chi connectivity index (χ0n) is 9.25. The van der Waals surface area contributed by atoms with E-state index in [1.54, 1.807) is 30.3 Å². The molecule has 0 aromatic heterocycles. The number of oxime groups is 1. The first-order chi connectivity index (χ1) is 8.18. The van der Waals surface area contributed by atoms with Gasteiger partial charge in [-0.05, 0) is 0 Å². The van der Waals surface area contributed by atoms with Crippen LogP contribution in [-0.4, -0.2) is 29.7 Å². The Balaban J connectivity index is 3.05. The molecule has 0 amide bonds. The molecule has 1 unspecified atom stereocenters. The van der Waals surface area contributed by atoms with Gasteiger partial charge in [0.2, 0.25) is 0 Å². The summed E-state index contributed by atoms with van der Waals surface area (Å²) in [7, 11) is -2.33. The summed E-state index contributed by atoms with van der Waals surface area (Å²) < 4.78 is 22.3. The third kappa shape index (κ3) is 3.64. The van der Waals surface area contributed by atoms with Gasteiger partial charge in [-0.1, -0.05) is 51.4 Å². The zero-order chi connectivity index (χ0) is 12.7. The minimum Gasteiger partial charge on any atom is -0.410 e. The normalized spacial score (nSPS) is 15.5. The highest BCUT2D eigenvalue weighted by molar-refractivity contribution is 9.09. The molecule has 5 nitrogen and oxygen atoms in total. The maximum Gasteiger partial charge on any atom is 0.383 e. The van der Waals surface area contributed by atoms with Crippen molar-refractivity contribution in [2.24, 2.45) is 5.16 Å². The lowest BCUT2D eigenvalue weighted by atomic mass is 10.2. The molecule has 0 spiro atoms. The van der Waals surface area contributed by atoms with E-state index < -0.39 is 7.60 Å². The highest BCUT2D eigenvalue weighted by Crippen LogP contribution is 2.50. The van der Waals surface area contributed by atoms with Crippen molar-refractivity contribution in [2.45, 2.75) is 0 Å². The largest absolute Gasteiger partial charge is 0.410 e. The Morgan fingerprint density at radius 2 is 2.12 bits per heavy atom. The molecule has 1 aromatic carbocycles. The maximum atomic E-state index is 12.3. The molecule has 0 radical (unpaired) electrons. The summed E-state index contributed by atoms with van der Waals surface area (Å²) in [5.41, 5.74) is 0.399. The summed E-state index contributed by atoms with van der Waals surface area (Å²) in [6.45, 7) is 0.191. The predicted molar refractivity (Wildman–Crippen MR) is 69.1 cm³/mol. The third-order valence-corrected chi connectivity index (χ3v) is 4.16. The van der Waals surface area contributed by atoms with E-state index in [0.717, 1.165) is 0 Å². The van der Waals surface area contributed by atoms with Crippen molar-refractivity contribution in [2.75, 3.05) is 19.0 Å². The number of hydrogen-bond donors (Lipinski definition) is 1. The summed E-state index contributed by atoms with van der Waals surface area (Å²) in [6.07, 6.45) is 0. The molecule has 1 aromatic rings. The van der Waals surface area contributed by atoms with Crippen molar-refractivity contribution in [3.63, 3.8) is 0 Å². The van der Waals surface area contributed by atoms with Crippen molar-refractivity contribution < 1.29 is 18.8 Å². The average molecular weight is 322 g/mol. The first-order valence-electron chi connectivity index (χ1n) is 4.82. The molecule has 0 aliphatic rings. The molecular formula is C10H13BrNO4P. The van der Waals surface area contributed by atoms with Gasteiger partial charge in [-0.3, -0.25) is 4.57 Å². The lowest BCUT2D eigenvalue weighted by Crippen LogP contribution is -2.08. The molecule has 1 N–H and O–H groups in total. The monoisotopic (exact) mass is 321 g/mol. The van der Waals surface area contributed by atoms with Crippen molar-refractivity contribution in [3.05, 3.63) is 35.9 Å². The Morgan fingerprint density at radius 3 is 2.59 bits per heavy atom. The highest BCUT2D eigenvalue weighted by Gasteiger charge is 2.32. The van der Waals surface area contributed by atoms with Crippen LogP contribution in [0.1, 0.15) is 5.56 Å². The van der Waals surface area contributed by atoms with Crippen LogP contribution < -0.4 is 0 Å². The van der Waals surface area contributed by atoms with E-state index in [1.165, 1.54) is 7.11 Å². The number of rotatable bonds is 6. The van der Waals surface area contributed by atoms with Crippen molar-refractivity contribution in [3.8, 4) is 0 Å². The van der Waals surface area contributed by atoms with Gasteiger partial charge >= 0.3 is 7.60 Å². The van der Waals surface area contributed by atoms with E-state index in [2.05, 4.69) is 21.1 Å². The van der Waals surface area contributed by atoms with E-state index in [-0.39, 0.29) is 12.1 Å². The van der Waals surface area contributed by atoms with E-state index in [0.29, 0.717) is 10.9 Å². The number of nitrogens with zero attached hydrogens (tertiary/aromatic N) is 1. The molecule has 1 rings (SSSR count). The first-order valence-corrected chi connectivity index (χ1v) is 7.48. The predicted octanol–water partition coefficient (Wildman–Crippen LogP) is 3.07. The lowest BCUT2D eigenvalue weighted by molar-refractivity contribution is 0.256. The van der Waals surface area contributed by atoms with Gasteiger partial charge in [-0.15, -0.1) is 0 Å². The van der Waals surface area contributed by atoms with E-state index in [1.807, 2.05) is 0 Å². The second-order valence-corrected chi connectivity index (χ2v) is 5.83. The summed E-state index contributed by atoms with van der Waals surface area (Å²) >= 11 is 3.15. The number of benzene rings is 1. The first kappa shape index (κ1) is 14.4. The molecule has 0 heterocycles. The standard InChI is InChI=1S/C10H13BrNO4P/c1-15-17(14,16-8-7-11)10(12-13)9-5-3-2-4-6-9/h2-6,13H,7-8H2,1H3. The van der Waals surface area contributed by atoms with Gasteiger partial charge in [0.15, 0.2) is 5.45 Å². The van der Waals surface area contributed by atoms with Crippen molar-refractivity contribution in [1.82, 2.24) is 0 Å². The van der Waals surface area contributed by atoms with Gasteiger partial charge in [-0.2, -0.15) is 0 Å². The Kier molecular flexibility index (Phi) is 5.85. The second kappa shape index (κ2) is 6.91. The van der Waals surface area contributed by atoms with Gasteiger partial charge < -0.3 is 14.3 Å². The maximum absolute atomic E-state index is 12.3. The molecule has 0 aliphatic heterocycles. The van der Waals surface area contributed by atoms with Crippen LogP contribution in [0.2, 0.25) is 0 Å². The third-order valence-electron chi connectivity index (χ3n) is 1.96. The molecule has 17 heavy (non-hydrogen) atoms. The Morgan fingerprint density at radius 1 is 1.47 bits per heavy atom. The SMILES string of the molecule is COP(=O)(OCCBr)C(=NO)c1ccccc1. The minimum atomic E-state index is -3.58. The van der Waals surface area contributed by atoms with Gasteiger partial charge in [0.05, 0.1) is 6.61 Å². The molecule has 0 aliphatic carbocycles. The highest BCUT2D eigenvalue weighted by atomic mass is 79.9. The van der Waals surface area contributed by atoms with E-state index in [9.17, 15) is 4.57 Å². The van der Waals surface area contributed by atoms with Crippen LogP contribution in [0.15, 0.2) is 35.5 Å². The molecule has 0 saturated carbocycles. The number of halogens is 1.